The number of rotatable bonds is 3. The number of allylic oxidation sites excluding steroid dienone is 3. The Morgan fingerprint density at radius 2 is 2.38 bits per heavy atom. The molecule has 1 aromatic rings. The van der Waals surface area contributed by atoms with Crippen molar-refractivity contribution >= 4 is 11.5 Å². The summed E-state index contributed by atoms with van der Waals surface area (Å²) in [5.74, 6) is 2.75. The molecule has 16 heavy (non-hydrogen) atoms. The second-order valence-electron chi connectivity index (χ2n) is 3.54. The lowest BCUT2D eigenvalue weighted by atomic mass is 9.93. The molecule has 0 bridgehead atoms. The van der Waals surface area contributed by atoms with E-state index < -0.39 is 0 Å². The topological polar surface area (TPSA) is 26.3 Å². The van der Waals surface area contributed by atoms with Gasteiger partial charge in [0.15, 0.2) is 0 Å². The average Bonchev–Trinajstić information content (AvgIpc) is 2.35. The van der Waals surface area contributed by atoms with E-state index in [-0.39, 0.29) is 0 Å². The quantitative estimate of drug-likeness (QED) is 0.568. The Kier molecular flexibility index (Phi) is 3.04. The highest BCUT2D eigenvalue weighted by Crippen LogP contribution is 2.27. The smallest absolute Gasteiger partial charge is 0.133 e. The van der Waals surface area contributed by atoms with Crippen LogP contribution >= 0.6 is 0 Å². The summed E-state index contributed by atoms with van der Waals surface area (Å²) in [6.07, 6.45) is 6.29. The lowest BCUT2D eigenvalue weighted by Crippen LogP contribution is -1.99. The molecule has 80 valence electrons. The SMILES string of the molecule is C=CCOc1ccc2c(c1)CC=CC2=C=O. The van der Waals surface area contributed by atoms with Crippen molar-refractivity contribution in [1.82, 2.24) is 0 Å². The van der Waals surface area contributed by atoms with Crippen LogP contribution in [-0.4, -0.2) is 12.5 Å². The van der Waals surface area contributed by atoms with E-state index in [4.69, 9.17) is 4.74 Å². The third kappa shape index (κ3) is 1.97. The standard InChI is InChI=1S/C14H12O2/c1-2-8-16-13-6-7-14-11(9-13)4-3-5-12(14)10-15/h2-3,5-7,9H,1,4,8H2. The molecule has 0 N–H and O–H groups in total. The molecule has 2 rings (SSSR count). The highest BCUT2D eigenvalue weighted by molar-refractivity contribution is 5.95. The molecule has 0 atom stereocenters. The van der Waals surface area contributed by atoms with Crippen molar-refractivity contribution in [3.05, 3.63) is 54.1 Å². The molecule has 0 aliphatic heterocycles. The number of hydrogen-bond donors (Lipinski definition) is 0. The van der Waals surface area contributed by atoms with Gasteiger partial charge in [-0.3, -0.25) is 0 Å². The van der Waals surface area contributed by atoms with Gasteiger partial charge in [0.1, 0.15) is 18.3 Å². The summed E-state index contributed by atoms with van der Waals surface area (Å²) >= 11 is 0. The van der Waals surface area contributed by atoms with Crippen molar-refractivity contribution in [2.24, 2.45) is 0 Å². The van der Waals surface area contributed by atoms with Crippen LogP contribution in [0.4, 0.5) is 0 Å². The zero-order chi connectivity index (χ0) is 11.4. The van der Waals surface area contributed by atoms with E-state index in [1.807, 2.05) is 30.2 Å². The van der Waals surface area contributed by atoms with Gasteiger partial charge < -0.3 is 4.74 Å². The van der Waals surface area contributed by atoms with E-state index in [2.05, 4.69) is 6.58 Å². The highest BCUT2D eigenvalue weighted by atomic mass is 16.5. The van der Waals surface area contributed by atoms with Crippen LogP contribution in [0, 0.1) is 0 Å². The van der Waals surface area contributed by atoms with Gasteiger partial charge in [-0.05, 0) is 41.8 Å². The number of hydrogen-bond acceptors (Lipinski definition) is 2. The maximum atomic E-state index is 10.7. The van der Waals surface area contributed by atoms with Crippen LogP contribution in [0.25, 0.3) is 5.57 Å². The zero-order valence-electron chi connectivity index (χ0n) is 8.90. The summed E-state index contributed by atoms with van der Waals surface area (Å²) in [7, 11) is 0. The van der Waals surface area contributed by atoms with Gasteiger partial charge in [-0.25, -0.2) is 4.79 Å². The lowest BCUT2D eigenvalue weighted by Gasteiger charge is -2.13. The maximum absolute atomic E-state index is 10.7. The Morgan fingerprint density at radius 3 is 3.12 bits per heavy atom. The Hall–Kier alpha value is -2.05. The normalized spacial score (nSPS) is 12.9. The third-order valence-corrected chi connectivity index (χ3v) is 2.47. The minimum Gasteiger partial charge on any atom is -0.490 e. The first kappa shape index (κ1) is 10.5. The molecule has 0 aromatic heterocycles. The van der Waals surface area contributed by atoms with Gasteiger partial charge in [0.05, 0.1) is 5.57 Å². The fourth-order valence-electron chi connectivity index (χ4n) is 1.73. The zero-order valence-corrected chi connectivity index (χ0v) is 8.90. The van der Waals surface area contributed by atoms with Crippen LogP contribution in [0.1, 0.15) is 11.1 Å². The number of ether oxygens (including phenoxy) is 1. The van der Waals surface area contributed by atoms with E-state index >= 15 is 0 Å². The molecule has 0 fully saturated rings. The highest BCUT2D eigenvalue weighted by Gasteiger charge is 2.11. The first-order valence-corrected chi connectivity index (χ1v) is 5.14. The molecule has 0 saturated heterocycles. The minimum absolute atomic E-state index is 0.491. The molecular weight excluding hydrogens is 200 g/mol. The molecule has 0 heterocycles. The molecule has 0 saturated carbocycles. The second-order valence-corrected chi connectivity index (χ2v) is 3.54. The van der Waals surface area contributed by atoms with Crippen LogP contribution in [0.15, 0.2) is 43.0 Å². The van der Waals surface area contributed by atoms with Gasteiger partial charge in [-0.15, -0.1) is 0 Å². The van der Waals surface area contributed by atoms with Crippen LogP contribution in [0.2, 0.25) is 0 Å². The Labute approximate surface area is 94.6 Å². The first-order valence-electron chi connectivity index (χ1n) is 5.14. The summed E-state index contributed by atoms with van der Waals surface area (Å²) in [5, 5.41) is 0. The molecule has 0 unspecified atom stereocenters. The fraction of sp³-hybridized carbons (Fsp3) is 0.143. The van der Waals surface area contributed by atoms with Crippen LogP contribution in [-0.2, 0) is 11.2 Å². The summed E-state index contributed by atoms with van der Waals surface area (Å²) in [6.45, 7) is 4.09. The predicted octanol–water partition coefficient (Wildman–Crippen LogP) is 2.58. The van der Waals surface area contributed by atoms with Crippen LogP contribution in [0.5, 0.6) is 5.75 Å². The van der Waals surface area contributed by atoms with Crippen molar-refractivity contribution in [1.29, 1.82) is 0 Å². The summed E-state index contributed by atoms with van der Waals surface area (Å²) in [4.78, 5) is 10.7. The minimum atomic E-state index is 0.491. The van der Waals surface area contributed by atoms with Gasteiger partial charge >= 0.3 is 0 Å². The van der Waals surface area contributed by atoms with E-state index in [0.717, 1.165) is 23.3 Å². The van der Waals surface area contributed by atoms with Crippen molar-refractivity contribution in [2.75, 3.05) is 6.61 Å². The summed E-state index contributed by atoms with van der Waals surface area (Å²) in [5.41, 5.74) is 2.65. The monoisotopic (exact) mass is 212 g/mol. The third-order valence-electron chi connectivity index (χ3n) is 2.47. The predicted molar refractivity (Wildman–Crippen MR) is 64.1 cm³/mol. The molecular formula is C14H12O2. The molecule has 0 spiro atoms. The molecule has 2 nitrogen and oxygen atoms in total. The fourth-order valence-corrected chi connectivity index (χ4v) is 1.73. The van der Waals surface area contributed by atoms with Crippen LogP contribution in [0.3, 0.4) is 0 Å². The summed E-state index contributed by atoms with van der Waals surface area (Å²) < 4.78 is 5.44. The van der Waals surface area contributed by atoms with E-state index in [9.17, 15) is 4.79 Å². The van der Waals surface area contributed by atoms with Gasteiger partial charge in [0.25, 0.3) is 0 Å². The van der Waals surface area contributed by atoms with Crippen molar-refractivity contribution < 1.29 is 9.53 Å². The van der Waals surface area contributed by atoms with Crippen molar-refractivity contribution in [2.45, 2.75) is 6.42 Å². The number of carbonyl (C=O) groups excluding carboxylic acids is 1. The van der Waals surface area contributed by atoms with Gasteiger partial charge in [0.2, 0.25) is 0 Å². The molecule has 0 radical (unpaired) electrons. The largest absolute Gasteiger partial charge is 0.490 e. The molecule has 0 amide bonds. The molecule has 1 aliphatic rings. The average molecular weight is 212 g/mol. The Bertz CT molecular complexity index is 491. The first-order chi connectivity index (χ1) is 7.85. The molecule has 1 aromatic carbocycles. The van der Waals surface area contributed by atoms with Crippen molar-refractivity contribution in [3.63, 3.8) is 0 Å². The van der Waals surface area contributed by atoms with Gasteiger partial charge in [0, 0.05) is 0 Å². The van der Waals surface area contributed by atoms with Gasteiger partial charge in [-0.1, -0.05) is 18.7 Å². The van der Waals surface area contributed by atoms with Gasteiger partial charge in [-0.2, -0.15) is 0 Å². The van der Waals surface area contributed by atoms with Crippen LogP contribution < -0.4 is 4.74 Å². The van der Waals surface area contributed by atoms with E-state index in [1.165, 1.54) is 0 Å². The summed E-state index contributed by atoms with van der Waals surface area (Å²) in [6, 6.07) is 5.72. The Morgan fingerprint density at radius 1 is 1.50 bits per heavy atom. The molecule has 2 heteroatoms. The molecule has 1 aliphatic carbocycles. The lowest BCUT2D eigenvalue weighted by molar-refractivity contribution is 0.363. The van der Waals surface area contributed by atoms with E-state index in [1.54, 1.807) is 12.2 Å². The second kappa shape index (κ2) is 4.65. The number of benzene rings is 1. The Balaban J connectivity index is 2.34. The maximum Gasteiger partial charge on any atom is 0.133 e. The van der Waals surface area contributed by atoms with E-state index in [0.29, 0.717) is 12.2 Å². The number of fused-ring (bicyclic) bond motifs is 1. The van der Waals surface area contributed by atoms with Crippen molar-refractivity contribution in [3.8, 4) is 5.75 Å².